The van der Waals surface area contributed by atoms with Gasteiger partial charge in [0.05, 0.1) is 18.8 Å². The van der Waals surface area contributed by atoms with E-state index in [1.165, 1.54) is 6.07 Å². The minimum Gasteiger partial charge on any atom is -0.493 e. The smallest absolute Gasteiger partial charge is 0.161 e. The van der Waals surface area contributed by atoms with Gasteiger partial charge in [-0.1, -0.05) is 52.3 Å². The molecule has 0 bridgehead atoms. The van der Waals surface area contributed by atoms with Crippen molar-refractivity contribution in [3.05, 3.63) is 93.7 Å². The van der Waals surface area contributed by atoms with Crippen LogP contribution < -0.4 is 9.47 Å². The summed E-state index contributed by atoms with van der Waals surface area (Å²) in [6, 6.07) is 21.5. The first-order valence-corrected chi connectivity index (χ1v) is 9.32. The minimum atomic E-state index is -0.434. The SMILES string of the molecule is COc1cc(/C=C(/C#N)c2ccccc2F)ccc1OCc1ccc(Br)cc1. The molecule has 3 rings (SSSR count). The number of allylic oxidation sites excluding steroid dienone is 1. The highest BCUT2D eigenvalue weighted by molar-refractivity contribution is 9.10. The zero-order valence-electron chi connectivity index (χ0n) is 15.2. The van der Waals surface area contributed by atoms with E-state index >= 15 is 0 Å². The van der Waals surface area contributed by atoms with Crippen LogP contribution in [0.25, 0.3) is 11.6 Å². The summed E-state index contributed by atoms with van der Waals surface area (Å²) in [6.45, 7) is 0.400. The molecule has 0 N–H and O–H groups in total. The largest absolute Gasteiger partial charge is 0.493 e. The number of rotatable bonds is 6. The predicted octanol–water partition coefficient (Wildman–Crippen LogP) is 6.24. The van der Waals surface area contributed by atoms with Gasteiger partial charge in [-0.05, 0) is 47.5 Å². The highest BCUT2D eigenvalue weighted by Crippen LogP contribution is 2.31. The first kappa shape index (κ1) is 19.7. The first-order chi connectivity index (χ1) is 13.6. The monoisotopic (exact) mass is 437 g/mol. The van der Waals surface area contributed by atoms with Gasteiger partial charge >= 0.3 is 0 Å². The molecule has 0 aliphatic carbocycles. The maximum Gasteiger partial charge on any atom is 0.161 e. The number of hydrogen-bond donors (Lipinski definition) is 0. The van der Waals surface area contributed by atoms with Crippen molar-refractivity contribution in [1.82, 2.24) is 0 Å². The van der Waals surface area contributed by atoms with E-state index < -0.39 is 5.82 Å². The molecule has 0 aliphatic heterocycles. The van der Waals surface area contributed by atoms with E-state index in [4.69, 9.17) is 9.47 Å². The summed E-state index contributed by atoms with van der Waals surface area (Å²) in [5, 5.41) is 9.43. The van der Waals surface area contributed by atoms with E-state index in [9.17, 15) is 9.65 Å². The molecule has 0 radical (unpaired) electrons. The highest BCUT2D eigenvalue weighted by atomic mass is 79.9. The van der Waals surface area contributed by atoms with Gasteiger partial charge < -0.3 is 9.47 Å². The molecule has 28 heavy (non-hydrogen) atoms. The van der Waals surface area contributed by atoms with Gasteiger partial charge in [0, 0.05) is 10.0 Å². The summed E-state index contributed by atoms with van der Waals surface area (Å²) >= 11 is 3.41. The van der Waals surface area contributed by atoms with Gasteiger partial charge in [-0.25, -0.2) is 4.39 Å². The Morgan fingerprint density at radius 2 is 1.82 bits per heavy atom. The number of halogens is 2. The van der Waals surface area contributed by atoms with Crippen molar-refractivity contribution in [3.63, 3.8) is 0 Å². The maximum absolute atomic E-state index is 14.0. The molecule has 3 nitrogen and oxygen atoms in total. The van der Waals surface area contributed by atoms with Crippen LogP contribution in [0.1, 0.15) is 16.7 Å². The minimum absolute atomic E-state index is 0.240. The molecule has 0 aliphatic rings. The van der Waals surface area contributed by atoms with Crippen LogP contribution >= 0.6 is 15.9 Å². The third kappa shape index (κ3) is 4.79. The Hall–Kier alpha value is -3.10. The van der Waals surface area contributed by atoms with Crippen molar-refractivity contribution in [1.29, 1.82) is 5.26 Å². The molecule has 0 atom stereocenters. The van der Waals surface area contributed by atoms with Crippen molar-refractivity contribution < 1.29 is 13.9 Å². The van der Waals surface area contributed by atoms with Gasteiger partial charge in [0.15, 0.2) is 11.5 Å². The summed E-state index contributed by atoms with van der Waals surface area (Å²) in [6.07, 6.45) is 1.62. The Bertz CT molecular complexity index is 1040. The van der Waals surface area contributed by atoms with Crippen molar-refractivity contribution in [2.75, 3.05) is 7.11 Å². The van der Waals surface area contributed by atoms with E-state index in [0.717, 1.165) is 10.0 Å². The number of nitrogens with zero attached hydrogens (tertiary/aromatic N) is 1. The number of ether oxygens (including phenoxy) is 2. The Labute approximate surface area is 171 Å². The lowest BCUT2D eigenvalue weighted by Crippen LogP contribution is -1.98. The lowest BCUT2D eigenvalue weighted by atomic mass is 10.0. The third-order valence-corrected chi connectivity index (χ3v) is 4.62. The third-order valence-electron chi connectivity index (χ3n) is 4.09. The molecule has 0 spiro atoms. The molecule has 0 saturated heterocycles. The van der Waals surface area contributed by atoms with Crippen LogP contribution in [-0.4, -0.2) is 7.11 Å². The lowest BCUT2D eigenvalue weighted by molar-refractivity contribution is 0.284. The second-order valence-electron chi connectivity index (χ2n) is 5.98. The molecule has 0 unspecified atom stereocenters. The normalized spacial score (nSPS) is 11.0. The number of benzene rings is 3. The van der Waals surface area contributed by atoms with Gasteiger partial charge in [-0.2, -0.15) is 5.26 Å². The first-order valence-electron chi connectivity index (χ1n) is 8.52. The fourth-order valence-electron chi connectivity index (χ4n) is 2.65. The highest BCUT2D eigenvalue weighted by Gasteiger charge is 2.09. The number of methoxy groups -OCH3 is 1. The zero-order chi connectivity index (χ0) is 19.9. The fraction of sp³-hybridized carbons (Fsp3) is 0.0870. The van der Waals surface area contributed by atoms with Crippen LogP contribution in [0, 0.1) is 17.1 Å². The molecule has 0 aromatic heterocycles. The summed E-state index contributed by atoms with van der Waals surface area (Å²) < 4.78 is 26.3. The second-order valence-corrected chi connectivity index (χ2v) is 6.89. The number of nitriles is 1. The Morgan fingerprint density at radius 3 is 2.50 bits per heavy atom. The number of hydrogen-bond acceptors (Lipinski definition) is 3. The van der Waals surface area contributed by atoms with Crippen molar-refractivity contribution >= 4 is 27.6 Å². The Morgan fingerprint density at radius 1 is 1.07 bits per heavy atom. The zero-order valence-corrected chi connectivity index (χ0v) is 16.7. The molecule has 0 heterocycles. The van der Waals surface area contributed by atoms with Crippen LogP contribution in [0.2, 0.25) is 0 Å². The molecule has 0 saturated carbocycles. The van der Waals surface area contributed by atoms with Gasteiger partial charge in [0.25, 0.3) is 0 Å². The Kier molecular flexibility index (Phi) is 6.46. The van der Waals surface area contributed by atoms with E-state index in [0.29, 0.717) is 23.7 Å². The fourth-order valence-corrected chi connectivity index (χ4v) is 2.92. The van der Waals surface area contributed by atoms with Crippen molar-refractivity contribution in [3.8, 4) is 17.6 Å². The average molecular weight is 438 g/mol. The van der Waals surface area contributed by atoms with E-state index in [-0.39, 0.29) is 11.1 Å². The lowest BCUT2D eigenvalue weighted by Gasteiger charge is -2.12. The Balaban J connectivity index is 1.83. The molecule has 0 amide bonds. The molecule has 3 aromatic rings. The molecule has 0 fully saturated rings. The summed E-state index contributed by atoms with van der Waals surface area (Å²) in [5.74, 6) is 0.695. The summed E-state index contributed by atoms with van der Waals surface area (Å²) in [5.41, 5.74) is 2.25. The maximum atomic E-state index is 14.0. The topological polar surface area (TPSA) is 42.2 Å². The molecule has 140 valence electrons. The van der Waals surface area contributed by atoms with E-state index in [1.54, 1.807) is 49.6 Å². The van der Waals surface area contributed by atoms with E-state index in [1.807, 2.05) is 24.3 Å². The van der Waals surface area contributed by atoms with Gasteiger partial charge in [-0.3, -0.25) is 0 Å². The molecule has 5 heteroatoms. The van der Waals surface area contributed by atoms with Crippen LogP contribution in [0.3, 0.4) is 0 Å². The van der Waals surface area contributed by atoms with Gasteiger partial charge in [-0.15, -0.1) is 0 Å². The van der Waals surface area contributed by atoms with Gasteiger partial charge in [0.1, 0.15) is 12.4 Å². The summed E-state index contributed by atoms with van der Waals surface area (Å²) in [4.78, 5) is 0. The predicted molar refractivity (Wildman–Crippen MR) is 111 cm³/mol. The van der Waals surface area contributed by atoms with Crippen molar-refractivity contribution in [2.24, 2.45) is 0 Å². The van der Waals surface area contributed by atoms with Gasteiger partial charge in [0.2, 0.25) is 0 Å². The quantitative estimate of drug-likeness (QED) is 0.338. The summed E-state index contributed by atoms with van der Waals surface area (Å²) in [7, 11) is 1.55. The standard InChI is InChI=1S/C23H17BrFNO2/c1-27-23-13-17(12-18(14-26)20-4-2-3-5-21(20)25)8-11-22(23)28-15-16-6-9-19(24)10-7-16/h2-13H,15H2,1H3/b18-12-. The molecular formula is C23H17BrFNO2. The second kappa shape index (κ2) is 9.20. The van der Waals surface area contributed by atoms with Crippen LogP contribution in [0.15, 0.2) is 71.2 Å². The average Bonchev–Trinajstić information content (AvgIpc) is 2.72. The van der Waals surface area contributed by atoms with Crippen molar-refractivity contribution in [2.45, 2.75) is 6.61 Å². The van der Waals surface area contributed by atoms with Crippen LogP contribution in [0.4, 0.5) is 4.39 Å². The van der Waals surface area contributed by atoms with Crippen LogP contribution in [0.5, 0.6) is 11.5 Å². The van der Waals surface area contributed by atoms with E-state index in [2.05, 4.69) is 22.0 Å². The molecule has 3 aromatic carbocycles. The van der Waals surface area contributed by atoms with Crippen LogP contribution in [-0.2, 0) is 6.61 Å². The molecular weight excluding hydrogens is 421 g/mol.